The summed E-state index contributed by atoms with van der Waals surface area (Å²) in [6.07, 6.45) is 3.09. The topological polar surface area (TPSA) is 43.1 Å². The van der Waals surface area contributed by atoms with Crippen LogP contribution in [0.5, 0.6) is 0 Å². The molecule has 1 saturated carbocycles. The molecule has 2 rings (SSSR count). The summed E-state index contributed by atoms with van der Waals surface area (Å²) < 4.78 is 13.2. The van der Waals surface area contributed by atoms with Crippen LogP contribution in [0.2, 0.25) is 0 Å². The molecule has 4 heteroatoms. The lowest BCUT2D eigenvalue weighted by molar-refractivity contribution is 0.649. The van der Waals surface area contributed by atoms with Gasteiger partial charge in [0.15, 0.2) is 0 Å². The minimum atomic E-state index is -0.954. The maximum absolute atomic E-state index is 12.2. The Morgan fingerprint density at radius 2 is 2.20 bits per heavy atom. The molecule has 1 aliphatic carbocycles. The fourth-order valence-electron chi connectivity index (χ4n) is 1.99. The molecule has 0 heterocycles. The second kappa shape index (κ2) is 4.76. The third kappa shape index (κ3) is 2.49. The highest BCUT2D eigenvalue weighted by Crippen LogP contribution is 2.27. The molecule has 2 N–H and O–H groups in total. The molecule has 0 saturated heterocycles. The zero-order valence-corrected chi connectivity index (χ0v) is 10.8. The van der Waals surface area contributed by atoms with Gasteiger partial charge in [-0.15, -0.1) is 0 Å². The maximum Gasteiger partial charge on any atom is 0.0576 e. The molecule has 0 spiro atoms. The number of hydrogen-bond acceptors (Lipinski definition) is 2. The Hall–Kier alpha value is -0.190. The smallest absolute Gasteiger partial charge is 0.0576 e. The number of hydrogen-bond donors (Lipinski definition) is 1. The normalized spacial score (nSPS) is 27.9. The van der Waals surface area contributed by atoms with Crippen molar-refractivity contribution in [1.82, 2.24) is 0 Å². The van der Waals surface area contributed by atoms with Crippen LogP contribution in [0.25, 0.3) is 0 Å². The van der Waals surface area contributed by atoms with Crippen molar-refractivity contribution in [3.8, 4) is 0 Å². The molecule has 0 radical (unpaired) electrons. The minimum Gasteiger partial charge on any atom is -0.327 e. The van der Waals surface area contributed by atoms with Gasteiger partial charge in [-0.05, 0) is 31.0 Å². The summed E-state index contributed by atoms with van der Waals surface area (Å²) in [5.74, 6) is 0. The van der Waals surface area contributed by atoms with Crippen LogP contribution in [0.3, 0.4) is 0 Å². The maximum atomic E-state index is 12.2. The molecule has 3 unspecified atom stereocenters. The molecule has 0 aliphatic heterocycles. The van der Waals surface area contributed by atoms with Crippen LogP contribution < -0.4 is 5.73 Å². The Kier molecular flexibility index (Phi) is 3.59. The van der Waals surface area contributed by atoms with Crippen LogP contribution in [0.1, 0.15) is 19.3 Å². The monoisotopic (exact) mass is 287 g/mol. The SMILES string of the molecule is NC1CCCC1S(=O)c1cccc(Br)c1. The molecule has 0 amide bonds. The summed E-state index contributed by atoms with van der Waals surface area (Å²) in [5, 5.41) is 0.138. The number of benzene rings is 1. The summed E-state index contributed by atoms with van der Waals surface area (Å²) in [6, 6.07) is 7.78. The van der Waals surface area contributed by atoms with Gasteiger partial charge < -0.3 is 5.73 Å². The number of halogens is 1. The first kappa shape index (κ1) is 11.3. The molecule has 1 aromatic rings. The highest BCUT2D eigenvalue weighted by Gasteiger charge is 2.29. The van der Waals surface area contributed by atoms with Gasteiger partial charge in [0.05, 0.1) is 16.0 Å². The third-order valence-corrected chi connectivity index (χ3v) is 5.15. The lowest BCUT2D eigenvalue weighted by Crippen LogP contribution is -2.32. The van der Waals surface area contributed by atoms with E-state index < -0.39 is 10.8 Å². The average Bonchev–Trinajstić information content (AvgIpc) is 2.63. The Labute approximate surface area is 101 Å². The van der Waals surface area contributed by atoms with Crippen molar-refractivity contribution < 1.29 is 4.21 Å². The van der Waals surface area contributed by atoms with Crippen LogP contribution >= 0.6 is 15.9 Å². The zero-order chi connectivity index (χ0) is 10.8. The molecule has 0 aromatic heterocycles. The van der Waals surface area contributed by atoms with E-state index in [1.165, 1.54) is 0 Å². The van der Waals surface area contributed by atoms with E-state index >= 15 is 0 Å². The average molecular weight is 288 g/mol. The van der Waals surface area contributed by atoms with Gasteiger partial charge in [0.2, 0.25) is 0 Å². The van der Waals surface area contributed by atoms with Crippen molar-refractivity contribution in [3.63, 3.8) is 0 Å². The van der Waals surface area contributed by atoms with E-state index in [1.54, 1.807) is 0 Å². The Morgan fingerprint density at radius 3 is 2.80 bits per heavy atom. The standard InChI is InChI=1S/C11H14BrNOS/c12-8-3-1-4-9(7-8)15(14)11-6-2-5-10(11)13/h1,3-4,7,10-11H,2,5-6,13H2. The van der Waals surface area contributed by atoms with Gasteiger partial charge in [0.25, 0.3) is 0 Å². The van der Waals surface area contributed by atoms with Gasteiger partial charge >= 0.3 is 0 Å². The van der Waals surface area contributed by atoms with Gasteiger partial charge in [-0.25, -0.2) is 0 Å². The van der Waals surface area contributed by atoms with Crippen molar-refractivity contribution in [2.24, 2.45) is 5.73 Å². The summed E-state index contributed by atoms with van der Waals surface area (Å²) in [4.78, 5) is 0.881. The molecular weight excluding hydrogens is 274 g/mol. The highest BCUT2D eigenvalue weighted by molar-refractivity contribution is 9.10. The first-order valence-electron chi connectivity index (χ1n) is 5.10. The van der Waals surface area contributed by atoms with Crippen LogP contribution in [-0.2, 0) is 10.8 Å². The van der Waals surface area contributed by atoms with E-state index in [-0.39, 0.29) is 11.3 Å². The second-order valence-electron chi connectivity index (χ2n) is 3.89. The minimum absolute atomic E-state index is 0.102. The molecule has 3 atom stereocenters. The van der Waals surface area contributed by atoms with Crippen LogP contribution in [0.4, 0.5) is 0 Å². The van der Waals surface area contributed by atoms with Crippen LogP contribution in [0.15, 0.2) is 33.6 Å². The first-order chi connectivity index (χ1) is 7.18. The third-order valence-electron chi connectivity index (χ3n) is 2.81. The van der Waals surface area contributed by atoms with Gasteiger partial charge in [0.1, 0.15) is 0 Å². The summed E-state index contributed by atoms with van der Waals surface area (Å²) in [5.41, 5.74) is 5.95. The number of nitrogens with two attached hydrogens (primary N) is 1. The van der Waals surface area contributed by atoms with Gasteiger partial charge in [-0.3, -0.25) is 4.21 Å². The molecule has 1 aromatic carbocycles. The molecule has 0 bridgehead atoms. The van der Waals surface area contributed by atoms with Crippen molar-refractivity contribution >= 4 is 26.7 Å². The first-order valence-corrected chi connectivity index (χ1v) is 7.11. The van der Waals surface area contributed by atoms with E-state index in [9.17, 15) is 4.21 Å². The Morgan fingerprint density at radius 1 is 1.40 bits per heavy atom. The largest absolute Gasteiger partial charge is 0.327 e. The predicted octanol–water partition coefficient (Wildman–Crippen LogP) is 2.44. The highest BCUT2D eigenvalue weighted by atomic mass is 79.9. The molecule has 2 nitrogen and oxygen atoms in total. The lowest BCUT2D eigenvalue weighted by Gasteiger charge is -2.14. The molecular formula is C11H14BrNOS. The summed E-state index contributed by atoms with van der Waals surface area (Å²) in [6.45, 7) is 0. The van der Waals surface area contributed by atoms with E-state index in [0.29, 0.717) is 0 Å². The van der Waals surface area contributed by atoms with Crippen molar-refractivity contribution in [1.29, 1.82) is 0 Å². The second-order valence-corrected chi connectivity index (χ2v) is 6.48. The van der Waals surface area contributed by atoms with Gasteiger partial charge in [0, 0.05) is 15.4 Å². The van der Waals surface area contributed by atoms with Crippen molar-refractivity contribution in [2.75, 3.05) is 0 Å². The predicted molar refractivity (Wildman–Crippen MR) is 66.2 cm³/mol. The van der Waals surface area contributed by atoms with Crippen LogP contribution in [-0.4, -0.2) is 15.5 Å². The number of rotatable bonds is 2. The lowest BCUT2D eigenvalue weighted by atomic mass is 10.3. The zero-order valence-electron chi connectivity index (χ0n) is 8.36. The summed E-state index contributed by atoms with van der Waals surface area (Å²) >= 11 is 3.39. The Balaban J connectivity index is 2.20. The van der Waals surface area contributed by atoms with E-state index in [2.05, 4.69) is 15.9 Å². The van der Waals surface area contributed by atoms with Crippen molar-refractivity contribution in [3.05, 3.63) is 28.7 Å². The van der Waals surface area contributed by atoms with E-state index in [0.717, 1.165) is 28.6 Å². The molecule has 1 aliphatic rings. The molecule has 1 fully saturated rings. The quantitative estimate of drug-likeness (QED) is 0.908. The molecule has 82 valence electrons. The fourth-order valence-corrected chi connectivity index (χ4v) is 4.18. The van der Waals surface area contributed by atoms with E-state index in [1.807, 2.05) is 24.3 Å². The van der Waals surface area contributed by atoms with Crippen molar-refractivity contribution in [2.45, 2.75) is 35.4 Å². The Bertz CT molecular complexity index is 383. The van der Waals surface area contributed by atoms with Gasteiger partial charge in [-0.2, -0.15) is 0 Å². The summed E-state index contributed by atoms with van der Waals surface area (Å²) in [7, 11) is -0.954. The van der Waals surface area contributed by atoms with E-state index in [4.69, 9.17) is 5.73 Å². The van der Waals surface area contributed by atoms with Gasteiger partial charge in [-0.1, -0.05) is 28.4 Å². The molecule has 15 heavy (non-hydrogen) atoms. The fraction of sp³-hybridized carbons (Fsp3) is 0.455. The van der Waals surface area contributed by atoms with Crippen LogP contribution in [0, 0.1) is 0 Å².